The lowest BCUT2D eigenvalue weighted by atomic mass is 9.53. The molecule has 6 aliphatic rings. The van der Waals surface area contributed by atoms with E-state index in [0.29, 0.717) is 23.3 Å². The fourth-order valence-electron chi connectivity index (χ4n) is 9.09. The monoisotopic (exact) mass is 572 g/mol. The van der Waals surface area contributed by atoms with Gasteiger partial charge < -0.3 is 33.9 Å². The van der Waals surface area contributed by atoms with Crippen molar-refractivity contribution < 1.29 is 38.7 Å². The number of epoxide rings is 1. The largest absolute Gasteiger partial charge is 0.386 e. The molecule has 5 fully saturated rings. The molecule has 0 spiro atoms. The van der Waals surface area contributed by atoms with Crippen molar-refractivity contribution in [3.63, 3.8) is 0 Å². The standard InChI is InChI=1S/C34H36O8/c1-18(2)32-26(38-17-21-12-8-6-9-13-21)20(4)33-23-16-19(3)25(35)31(23,37)29(36)30(5)27(39-30)24(33)28(32)40-34(41-32,42-33)22-14-10-7-11-15-22/h6-16,20,23-24,26-29,36-37H,1,17H2,2-5H3/t20-,23-,24+,26+,27+,28-,29-,30+,31-,32+,33+,34?/m1/s1. The maximum absolute atomic E-state index is 13.8. The van der Waals surface area contributed by atoms with E-state index >= 15 is 0 Å². The molecule has 2 aromatic rings. The molecule has 8 nitrogen and oxygen atoms in total. The molecule has 3 saturated heterocycles. The van der Waals surface area contributed by atoms with Gasteiger partial charge in [0, 0.05) is 23.3 Å². The Morgan fingerprint density at radius 2 is 1.69 bits per heavy atom. The molecule has 2 aromatic carbocycles. The van der Waals surface area contributed by atoms with Crippen molar-refractivity contribution >= 4 is 5.78 Å². The van der Waals surface area contributed by atoms with Crippen molar-refractivity contribution in [1.82, 2.24) is 0 Å². The first-order valence-corrected chi connectivity index (χ1v) is 14.7. The molecule has 3 bridgehead atoms. The van der Waals surface area contributed by atoms with E-state index in [-0.39, 0.29) is 0 Å². The summed E-state index contributed by atoms with van der Waals surface area (Å²) < 4.78 is 34.3. The van der Waals surface area contributed by atoms with Crippen LogP contribution in [0.25, 0.3) is 0 Å². The van der Waals surface area contributed by atoms with Crippen LogP contribution in [0.15, 0.2) is 84.5 Å². The fourth-order valence-corrected chi connectivity index (χ4v) is 9.09. The molecular formula is C34H36O8. The second-order valence-electron chi connectivity index (χ2n) is 13.2. The minimum atomic E-state index is -2.17. The Morgan fingerprint density at radius 1 is 1.02 bits per heavy atom. The smallest absolute Gasteiger partial charge is 0.314 e. The lowest BCUT2D eigenvalue weighted by Crippen LogP contribution is -2.76. The number of aliphatic hydroxyl groups excluding tert-OH is 1. The van der Waals surface area contributed by atoms with Crippen LogP contribution in [0.5, 0.6) is 0 Å². The third kappa shape index (κ3) is 2.90. The number of fused-ring (bicyclic) bond motifs is 3. The molecule has 0 radical (unpaired) electrons. The zero-order valence-corrected chi connectivity index (χ0v) is 24.2. The fraction of sp³-hybridized carbons (Fsp3) is 0.500. The summed E-state index contributed by atoms with van der Waals surface area (Å²) in [7, 11) is 0. The van der Waals surface area contributed by atoms with Gasteiger partial charge in [0.15, 0.2) is 11.4 Å². The van der Waals surface area contributed by atoms with Gasteiger partial charge in [0.1, 0.15) is 23.4 Å². The Balaban J connectivity index is 1.39. The Labute approximate surface area is 244 Å². The molecule has 42 heavy (non-hydrogen) atoms. The summed E-state index contributed by atoms with van der Waals surface area (Å²) >= 11 is 0. The van der Waals surface area contributed by atoms with Crippen LogP contribution in [-0.2, 0) is 41.1 Å². The summed E-state index contributed by atoms with van der Waals surface area (Å²) in [6, 6.07) is 19.3. The van der Waals surface area contributed by atoms with Crippen LogP contribution in [-0.4, -0.2) is 62.8 Å². The van der Waals surface area contributed by atoms with Crippen molar-refractivity contribution in [3.8, 4) is 0 Å². The van der Waals surface area contributed by atoms with Crippen molar-refractivity contribution in [1.29, 1.82) is 0 Å². The molecule has 8 rings (SSSR count). The number of aliphatic hydroxyl groups is 2. The molecule has 2 N–H and O–H groups in total. The van der Waals surface area contributed by atoms with E-state index in [1.807, 2.05) is 74.5 Å². The van der Waals surface area contributed by atoms with Gasteiger partial charge in [0.2, 0.25) is 0 Å². The third-order valence-corrected chi connectivity index (χ3v) is 11.1. The van der Waals surface area contributed by atoms with Crippen LogP contribution < -0.4 is 0 Å². The Kier molecular flexibility index (Phi) is 5.30. The molecule has 3 aliphatic heterocycles. The van der Waals surface area contributed by atoms with Gasteiger partial charge in [-0.1, -0.05) is 80.2 Å². The minimum absolute atomic E-state index is 0.295. The van der Waals surface area contributed by atoms with E-state index in [9.17, 15) is 15.0 Å². The van der Waals surface area contributed by atoms with E-state index < -0.39 is 76.3 Å². The molecule has 0 amide bonds. The first-order chi connectivity index (χ1) is 20.0. The number of rotatable bonds is 5. The molecule has 12 atom stereocenters. The minimum Gasteiger partial charge on any atom is -0.386 e. The third-order valence-electron chi connectivity index (χ3n) is 11.1. The summed E-state index contributed by atoms with van der Waals surface area (Å²) in [4.78, 5) is 13.8. The molecular weight excluding hydrogens is 536 g/mol. The van der Waals surface area contributed by atoms with Gasteiger partial charge in [-0.25, -0.2) is 0 Å². The zero-order valence-electron chi connectivity index (χ0n) is 24.2. The van der Waals surface area contributed by atoms with Crippen molar-refractivity contribution in [3.05, 3.63) is 95.6 Å². The SMILES string of the molecule is C=C(C)[C@@]12OC3(c4ccccc4)O[C@@H]1[C@@H]1[C@@H]4O[C@]4(C)[C@@H](O)[C@]4(O)C(=O)C(C)=C[C@H]4[C@@]1(O3)[C@H](C)[C@@H]2OCc1ccccc1. The molecule has 3 heterocycles. The lowest BCUT2D eigenvalue weighted by Gasteiger charge is -2.61. The van der Waals surface area contributed by atoms with Gasteiger partial charge in [0.25, 0.3) is 0 Å². The normalized spacial score (nSPS) is 49.5. The highest BCUT2D eigenvalue weighted by Gasteiger charge is 2.89. The van der Waals surface area contributed by atoms with Crippen LogP contribution in [0.4, 0.5) is 0 Å². The van der Waals surface area contributed by atoms with Crippen LogP contribution in [0, 0.1) is 17.8 Å². The molecule has 0 aromatic heterocycles. The highest BCUT2D eigenvalue weighted by atomic mass is 16.9. The van der Waals surface area contributed by atoms with Crippen LogP contribution in [0.2, 0.25) is 0 Å². The average molecular weight is 573 g/mol. The van der Waals surface area contributed by atoms with Crippen molar-refractivity contribution in [2.24, 2.45) is 17.8 Å². The summed E-state index contributed by atoms with van der Waals surface area (Å²) in [5, 5.41) is 24.2. The summed E-state index contributed by atoms with van der Waals surface area (Å²) in [5.74, 6) is -4.08. The number of hydrogen-bond acceptors (Lipinski definition) is 8. The number of carbonyl (C=O) groups excluding carboxylic acids is 1. The number of Topliss-reactive ketones (excluding diaryl/α,β-unsaturated/α-hetero) is 1. The Morgan fingerprint density at radius 3 is 2.36 bits per heavy atom. The summed E-state index contributed by atoms with van der Waals surface area (Å²) in [5.41, 5.74) is -3.07. The van der Waals surface area contributed by atoms with Gasteiger partial charge in [0.05, 0.1) is 24.4 Å². The lowest BCUT2D eigenvalue weighted by molar-refractivity contribution is -0.440. The summed E-state index contributed by atoms with van der Waals surface area (Å²) in [6.45, 7) is 12.1. The van der Waals surface area contributed by atoms with Gasteiger partial charge in [-0.15, -0.1) is 0 Å². The predicted octanol–water partition coefficient (Wildman–Crippen LogP) is 3.56. The van der Waals surface area contributed by atoms with E-state index in [1.165, 1.54) is 0 Å². The van der Waals surface area contributed by atoms with E-state index in [0.717, 1.165) is 5.56 Å². The average Bonchev–Trinajstić information content (AvgIpc) is 3.54. The van der Waals surface area contributed by atoms with Crippen molar-refractivity contribution in [2.75, 3.05) is 0 Å². The number of carbonyl (C=O) groups is 1. The van der Waals surface area contributed by atoms with Gasteiger partial charge in [-0.05, 0) is 37.5 Å². The predicted molar refractivity (Wildman–Crippen MR) is 150 cm³/mol. The summed E-state index contributed by atoms with van der Waals surface area (Å²) in [6.07, 6.45) is -1.59. The van der Waals surface area contributed by atoms with Gasteiger partial charge in [-0.2, -0.15) is 0 Å². The molecule has 8 heteroatoms. The van der Waals surface area contributed by atoms with Crippen LogP contribution in [0.3, 0.4) is 0 Å². The van der Waals surface area contributed by atoms with Gasteiger partial charge in [-0.3, -0.25) is 4.79 Å². The Bertz CT molecular complexity index is 1520. The first kappa shape index (κ1) is 26.9. The van der Waals surface area contributed by atoms with Crippen molar-refractivity contribution in [2.45, 2.75) is 87.1 Å². The second kappa shape index (κ2) is 8.27. The highest BCUT2D eigenvalue weighted by molar-refractivity contribution is 6.05. The molecule has 220 valence electrons. The van der Waals surface area contributed by atoms with Gasteiger partial charge >= 0.3 is 5.97 Å². The maximum atomic E-state index is 13.8. The molecule has 1 unspecified atom stereocenters. The van der Waals surface area contributed by atoms with E-state index in [4.69, 9.17) is 23.7 Å². The molecule has 2 saturated carbocycles. The number of benzene rings is 2. The second-order valence-corrected chi connectivity index (χ2v) is 13.2. The zero-order chi connectivity index (χ0) is 29.4. The number of hydrogen-bond donors (Lipinski definition) is 2. The maximum Gasteiger partial charge on any atom is 0.314 e. The number of ketones is 1. The quantitative estimate of drug-likeness (QED) is 0.414. The van der Waals surface area contributed by atoms with E-state index in [1.54, 1.807) is 19.9 Å². The van der Waals surface area contributed by atoms with Crippen LogP contribution >= 0.6 is 0 Å². The van der Waals surface area contributed by atoms with E-state index in [2.05, 4.69) is 6.58 Å². The highest BCUT2D eigenvalue weighted by Crippen LogP contribution is 2.74. The topological polar surface area (TPSA) is 107 Å². The first-order valence-electron chi connectivity index (χ1n) is 14.7. The number of ether oxygens (including phenoxy) is 5. The van der Waals surface area contributed by atoms with Crippen LogP contribution in [0.1, 0.15) is 38.8 Å². The molecule has 3 aliphatic carbocycles. The Hall–Kier alpha value is -2.69.